The average molecular weight is 363 g/mol. The molecule has 2 N–H and O–H groups in total. The molecule has 27 heavy (non-hydrogen) atoms. The van der Waals surface area contributed by atoms with Crippen molar-refractivity contribution < 1.29 is 14.6 Å². The van der Waals surface area contributed by atoms with E-state index in [4.69, 9.17) is 9.47 Å². The van der Waals surface area contributed by atoms with E-state index in [1.54, 1.807) is 13.2 Å². The third-order valence-corrected chi connectivity index (χ3v) is 5.91. The van der Waals surface area contributed by atoms with Gasteiger partial charge in [-0.15, -0.1) is 0 Å². The molecule has 2 aromatic carbocycles. The molecule has 0 amide bonds. The number of pyridine rings is 1. The van der Waals surface area contributed by atoms with Gasteiger partial charge in [0.1, 0.15) is 11.4 Å². The van der Waals surface area contributed by atoms with Gasteiger partial charge in [0.2, 0.25) is 0 Å². The van der Waals surface area contributed by atoms with Gasteiger partial charge in [-0.2, -0.15) is 0 Å². The molecular weight excluding hydrogens is 342 g/mol. The van der Waals surface area contributed by atoms with Crippen LogP contribution in [0, 0.1) is 6.92 Å². The van der Waals surface area contributed by atoms with Crippen molar-refractivity contribution >= 4 is 10.9 Å². The highest BCUT2D eigenvalue weighted by Gasteiger charge is 2.53. The number of methoxy groups -OCH3 is 1. The Kier molecular flexibility index (Phi) is 3.48. The molecule has 138 valence electrons. The Labute approximate surface area is 156 Å². The van der Waals surface area contributed by atoms with Crippen molar-refractivity contribution in [3.63, 3.8) is 0 Å². The predicted molar refractivity (Wildman–Crippen MR) is 102 cm³/mol. The van der Waals surface area contributed by atoms with Gasteiger partial charge in [0, 0.05) is 28.4 Å². The van der Waals surface area contributed by atoms with Crippen LogP contribution in [-0.2, 0) is 10.3 Å². The van der Waals surface area contributed by atoms with E-state index in [0.29, 0.717) is 16.7 Å². The summed E-state index contributed by atoms with van der Waals surface area (Å²) >= 11 is 0. The summed E-state index contributed by atoms with van der Waals surface area (Å²) < 4.78 is 11.8. The van der Waals surface area contributed by atoms with Crippen LogP contribution in [0.2, 0.25) is 0 Å². The Morgan fingerprint density at radius 2 is 2.00 bits per heavy atom. The van der Waals surface area contributed by atoms with Crippen LogP contribution < -0.4 is 10.2 Å². The lowest BCUT2D eigenvalue weighted by Gasteiger charge is -2.41. The van der Waals surface area contributed by atoms with Crippen LogP contribution in [0.25, 0.3) is 10.9 Å². The van der Waals surface area contributed by atoms with Crippen LogP contribution in [0.5, 0.6) is 5.75 Å². The van der Waals surface area contributed by atoms with Crippen LogP contribution >= 0.6 is 0 Å². The van der Waals surface area contributed by atoms with E-state index in [-0.39, 0.29) is 17.6 Å². The van der Waals surface area contributed by atoms with Crippen LogP contribution in [0.1, 0.15) is 41.3 Å². The Bertz CT molecular complexity index is 1120. The predicted octanol–water partition coefficient (Wildman–Crippen LogP) is 3.31. The van der Waals surface area contributed by atoms with Crippen molar-refractivity contribution in [1.82, 2.24) is 4.98 Å². The zero-order valence-electron chi connectivity index (χ0n) is 15.3. The number of aliphatic hydroxyl groups is 1. The smallest absolute Gasteiger partial charge is 0.190 e. The van der Waals surface area contributed by atoms with Gasteiger partial charge in [-0.1, -0.05) is 24.3 Å². The average Bonchev–Trinajstić information content (AvgIpc) is 3.12. The minimum absolute atomic E-state index is 0.0468. The summed E-state index contributed by atoms with van der Waals surface area (Å²) in [5.41, 5.74) is 2.39. The molecule has 0 aliphatic carbocycles. The summed E-state index contributed by atoms with van der Waals surface area (Å²) in [5.74, 6) is 0.609. The molecule has 2 bridgehead atoms. The van der Waals surface area contributed by atoms with Crippen LogP contribution in [0.15, 0.2) is 47.3 Å². The molecule has 2 aliphatic rings. The topological polar surface area (TPSA) is 71.5 Å². The molecule has 1 fully saturated rings. The second-order valence-corrected chi connectivity index (χ2v) is 7.42. The lowest BCUT2D eigenvalue weighted by Crippen LogP contribution is -2.44. The molecule has 5 nitrogen and oxygen atoms in total. The molecule has 5 rings (SSSR count). The zero-order valence-corrected chi connectivity index (χ0v) is 15.3. The molecule has 3 atom stereocenters. The number of rotatable bonds is 2. The Morgan fingerprint density at radius 1 is 1.19 bits per heavy atom. The first-order chi connectivity index (χ1) is 13.0. The van der Waals surface area contributed by atoms with Gasteiger partial charge in [-0.25, -0.2) is 0 Å². The molecule has 3 aromatic rings. The summed E-state index contributed by atoms with van der Waals surface area (Å²) in [6.07, 6.45) is 0.960. The molecule has 0 radical (unpaired) electrons. The van der Waals surface area contributed by atoms with Crippen LogP contribution in [0.3, 0.4) is 0 Å². The number of hydrogen-bond acceptors (Lipinski definition) is 4. The molecule has 1 saturated heterocycles. The Balaban J connectivity index is 1.88. The van der Waals surface area contributed by atoms with Crippen molar-refractivity contribution in [3.05, 3.63) is 75.1 Å². The molecule has 0 saturated carbocycles. The Hall–Kier alpha value is -2.63. The number of aryl methyl sites for hydroxylation is 1. The largest absolute Gasteiger partial charge is 0.496 e. The molecule has 5 heteroatoms. The van der Waals surface area contributed by atoms with Gasteiger partial charge < -0.3 is 19.6 Å². The summed E-state index contributed by atoms with van der Waals surface area (Å²) in [4.78, 5) is 16.1. The minimum Gasteiger partial charge on any atom is -0.496 e. The highest BCUT2D eigenvalue weighted by atomic mass is 16.5. The number of hydrogen-bond donors (Lipinski definition) is 2. The monoisotopic (exact) mass is 363 g/mol. The van der Waals surface area contributed by atoms with E-state index in [1.165, 1.54) is 0 Å². The maximum Gasteiger partial charge on any atom is 0.190 e. The van der Waals surface area contributed by atoms with Gasteiger partial charge >= 0.3 is 0 Å². The molecule has 0 unspecified atom stereocenters. The second-order valence-electron chi connectivity index (χ2n) is 7.42. The minimum atomic E-state index is -1.36. The number of nitrogens with one attached hydrogen (secondary N) is 1. The zero-order chi connectivity index (χ0) is 18.8. The molecule has 3 heterocycles. The highest BCUT2D eigenvalue weighted by molar-refractivity contribution is 5.85. The van der Waals surface area contributed by atoms with Crippen molar-refractivity contribution in [2.24, 2.45) is 0 Å². The first-order valence-electron chi connectivity index (χ1n) is 9.22. The molecule has 0 spiro atoms. The Morgan fingerprint density at radius 3 is 2.81 bits per heavy atom. The van der Waals surface area contributed by atoms with E-state index in [2.05, 4.69) is 4.98 Å². The van der Waals surface area contributed by atoms with E-state index in [1.807, 2.05) is 43.3 Å². The normalized spacial score (nSPS) is 26.2. The second kappa shape index (κ2) is 5.68. The summed E-state index contributed by atoms with van der Waals surface area (Å²) in [6, 6.07) is 12.9. The standard InChI is InChI=1S/C22H21NO4/c1-12-11-16(24)21-15(23-12)8-7-14-20(21)18-9-10-19(27-18)22(14,25)13-5-3-4-6-17(13)26-2/h3-8,11,18-19,25H,9-10H2,1-2H3,(H,23,24)/t18-,19+,22+/m0/s1. The summed E-state index contributed by atoms with van der Waals surface area (Å²) in [6.45, 7) is 1.87. The first kappa shape index (κ1) is 16.5. The fourth-order valence-corrected chi connectivity index (χ4v) is 4.78. The molecule has 1 aromatic heterocycles. The highest BCUT2D eigenvalue weighted by Crippen LogP contribution is 2.54. The number of aromatic amines is 1. The van der Waals surface area contributed by atoms with Gasteiger partial charge in [0.25, 0.3) is 0 Å². The summed E-state index contributed by atoms with van der Waals surface area (Å²) in [5, 5.41) is 12.6. The fraction of sp³-hybridized carbons (Fsp3) is 0.318. The van der Waals surface area contributed by atoms with E-state index in [9.17, 15) is 9.90 Å². The fourth-order valence-electron chi connectivity index (χ4n) is 4.78. The van der Waals surface area contributed by atoms with Crippen molar-refractivity contribution in [2.75, 3.05) is 7.11 Å². The maximum atomic E-state index is 12.8. The number of fused-ring (bicyclic) bond motifs is 6. The van der Waals surface area contributed by atoms with Gasteiger partial charge in [-0.05, 0) is 37.5 Å². The number of benzene rings is 2. The number of H-pyrrole nitrogens is 1. The number of para-hydroxylation sites is 1. The van der Waals surface area contributed by atoms with Gasteiger partial charge in [-0.3, -0.25) is 4.79 Å². The first-order valence-corrected chi connectivity index (χ1v) is 9.22. The van der Waals surface area contributed by atoms with Crippen molar-refractivity contribution in [3.8, 4) is 5.75 Å². The van der Waals surface area contributed by atoms with Gasteiger partial charge in [0.15, 0.2) is 5.43 Å². The van der Waals surface area contributed by atoms with E-state index >= 15 is 0 Å². The van der Waals surface area contributed by atoms with Gasteiger partial charge in [0.05, 0.1) is 24.7 Å². The molecular formula is C22H21NO4. The lowest BCUT2D eigenvalue weighted by molar-refractivity contribution is -0.102. The van der Waals surface area contributed by atoms with Crippen LogP contribution in [-0.4, -0.2) is 23.3 Å². The number of aromatic nitrogens is 1. The number of ether oxygens (including phenoxy) is 2. The quantitative estimate of drug-likeness (QED) is 0.733. The summed E-state index contributed by atoms with van der Waals surface area (Å²) in [7, 11) is 1.60. The third-order valence-electron chi connectivity index (χ3n) is 5.91. The maximum absolute atomic E-state index is 12.8. The third kappa shape index (κ3) is 2.16. The van der Waals surface area contributed by atoms with E-state index in [0.717, 1.165) is 35.2 Å². The van der Waals surface area contributed by atoms with E-state index < -0.39 is 5.60 Å². The van der Waals surface area contributed by atoms with Crippen molar-refractivity contribution in [2.45, 2.75) is 37.6 Å². The lowest BCUT2D eigenvalue weighted by atomic mass is 9.77. The SMILES string of the molecule is COc1ccccc1[C@@]1(O)c2ccc3[nH]c(C)cc(=O)c3c2[C@@H]2CC[C@H]1O2. The van der Waals surface area contributed by atoms with Crippen LogP contribution in [0.4, 0.5) is 0 Å². The molecule has 2 aliphatic heterocycles. The van der Waals surface area contributed by atoms with Crippen molar-refractivity contribution in [1.29, 1.82) is 0 Å².